The lowest BCUT2D eigenvalue weighted by molar-refractivity contribution is -0.142. The smallest absolute Gasteiger partial charge is 0.416 e. The highest BCUT2D eigenvalue weighted by Gasteiger charge is 2.44. The van der Waals surface area contributed by atoms with Crippen molar-refractivity contribution in [1.82, 2.24) is 9.80 Å². The van der Waals surface area contributed by atoms with Crippen molar-refractivity contribution in [2.24, 2.45) is 11.8 Å². The van der Waals surface area contributed by atoms with Crippen molar-refractivity contribution in [2.45, 2.75) is 76.9 Å². The van der Waals surface area contributed by atoms with Gasteiger partial charge in [-0.2, -0.15) is 26.3 Å². The van der Waals surface area contributed by atoms with Gasteiger partial charge in [-0.1, -0.05) is 36.4 Å². The maximum atomic E-state index is 12.9. The topological polar surface area (TPSA) is 134 Å². The Bertz CT molecular complexity index is 1450. The fourth-order valence-corrected chi connectivity index (χ4v) is 5.63. The summed E-state index contributed by atoms with van der Waals surface area (Å²) in [4.78, 5) is 49.8. The number of benzene rings is 2. The summed E-state index contributed by atoms with van der Waals surface area (Å²) in [6.07, 6.45) is -10.4. The van der Waals surface area contributed by atoms with Crippen LogP contribution in [0, 0.1) is 11.8 Å². The maximum Gasteiger partial charge on any atom is 0.416 e. The summed E-state index contributed by atoms with van der Waals surface area (Å²) in [5, 5.41) is 18.8. The van der Waals surface area contributed by atoms with E-state index in [0.717, 1.165) is 24.3 Å². The zero-order valence-electron chi connectivity index (χ0n) is 28.3. The third-order valence-corrected chi connectivity index (χ3v) is 7.86. The molecule has 0 aromatic heterocycles. The molecule has 16 heteroatoms. The number of carbonyl (C=O) groups is 4. The summed E-state index contributed by atoms with van der Waals surface area (Å²) >= 11 is 0. The van der Waals surface area contributed by atoms with Crippen molar-refractivity contribution in [3.8, 4) is 0 Å². The van der Waals surface area contributed by atoms with Crippen LogP contribution in [-0.2, 0) is 31.4 Å². The van der Waals surface area contributed by atoms with E-state index in [1.165, 1.54) is 34.1 Å². The number of carbonyl (C=O) groups excluding carboxylic acids is 2. The monoisotopic (exact) mass is 718 g/mol. The van der Waals surface area contributed by atoms with Crippen LogP contribution in [0.25, 0.3) is 0 Å². The van der Waals surface area contributed by atoms with E-state index in [1.807, 2.05) is 0 Å². The molecule has 4 atom stereocenters. The van der Waals surface area contributed by atoms with Gasteiger partial charge in [0.2, 0.25) is 0 Å². The molecule has 0 bridgehead atoms. The lowest BCUT2D eigenvalue weighted by Crippen LogP contribution is -2.35. The van der Waals surface area contributed by atoms with Crippen LogP contribution >= 0.6 is 0 Å². The quantitative estimate of drug-likeness (QED) is 0.311. The number of amides is 2. The second-order valence-electron chi connectivity index (χ2n) is 14.1. The van der Waals surface area contributed by atoms with Gasteiger partial charge in [-0.25, -0.2) is 9.59 Å². The third kappa shape index (κ3) is 10.7. The standard InChI is InChI=1S/2C17H20F3NO4/c2*1-16(2,3)25-15(24)21-8-12(13(9-21)14(22)23)10-5-4-6-11(7-10)17(18,19)20/h2*4-7,12-13H,8-9H2,1-3H3,(H,22,23)/t2*12-,13+/m10/s1. The molecule has 2 aromatic rings. The van der Waals surface area contributed by atoms with Gasteiger partial charge in [-0.15, -0.1) is 0 Å². The molecule has 4 rings (SSSR count). The number of hydrogen-bond acceptors (Lipinski definition) is 6. The highest BCUT2D eigenvalue weighted by Crippen LogP contribution is 2.38. The van der Waals surface area contributed by atoms with Crippen molar-refractivity contribution in [1.29, 1.82) is 0 Å². The van der Waals surface area contributed by atoms with E-state index in [-0.39, 0.29) is 37.3 Å². The molecule has 2 fully saturated rings. The molecule has 50 heavy (non-hydrogen) atoms. The van der Waals surface area contributed by atoms with E-state index in [2.05, 4.69) is 0 Å². The lowest BCUT2D eigenvalue weighted by Gasteiger charge is -2.24. The zero-order chi connectivity index (χ0) is 38.0. The van der Waals surface area contributed by atoms with E-state index in [4.69, 9.17) is 9.47 Å². The van der Waals surface area contributed by atoms with Gasteiger partial charge in [-0.05, 0) is 64.8 Å². The van der Waals surface area contributed by atoms with E-state index in [9.17, 15) is 55.7 Å². The first-order valence-corrected chi connectivity index (χ1v) is 15.5. The van der Waals surface area contributed by atoms with Crippen LogP contribution in [0.1, 0.15) is 75.6 Å². The minimum absolute atomic E-state index is 0.00676. The molecule has 2 aliphatic rings. The zero-order valence-corrected chi connectivity index (χ0v) is 28.3. The second-order valence-corrected chi connectivity index (χ2v) is 14.1. The van der Waals surface area contributed by atoms with Crippen LogP contribution in [0.2, 0.25) is 0 Å². The van der Waals surface area contributed by atoms with E-state index in [0.29, 0.717) is 0 Å². The first-order chi connectivity index (χ1) is 22.8. The highest BCUT2D eigenvalue weighted by molar-refractivity contribution is 5.76. The number of nitrogens with zero attached hydrogens (tertiary/aromatic N) is 2. The van der Waals surface area contributed by atoms with Crippen molar-refractivity contribution in [3.05, 3.63) is 70.8 Å². The number of carboxylic acids is 2. The molecule has 0 spiro atoms. The molecule has 2 aromatic carbocycles. The molecule has 0 unspecified atom stereocenters. The molecule has 2 amide bonds. The molecular formula is C34H40F6N2O8. The molecule has 0 radical (unpaired) electrons. The summed E-state index contributed by atoms with van der Waals surface area (Å²) in [6, 6.07) is 9.14. The van der Waals surface area contributed by atoms with E-state index < -0.39 is 82.5 Å². The summed E-state index contributed by atoms with van der Waals surface area (Å²) < 4.78 is 87.9. The Labute approximate surface area is 284 Å². The van der Waals surface area contributed by atoms with E-state index >= 15 is 0 Å². The van der Waals surface area contributed by atoms with Crippen LogP contribution in [0.3, 0.4) is 0 Å². The Morgan fingerprint density at radius 1 is 0.600 bits per heavy atom. The van der Waals surface area contributed by atoms with Gasteiger partial charge < -0.3 is 29.5 Å². The molecule has 2 aliphatic heterocycles. The van der Waals surface area contributed by atoms with Gasteiger partial charge in [0.15, 0.2) is 0 Å². The molecule has 0 saturated carbocycles. The summed E-state index contributed by atoms with van der Waals surface area (Å²) in [6.45, 7) is 9.86. The normalized spacial score (nSPS) is 21.3. The van der Waals surface area contributed by atoms with Crippen LogP contribution in [0.5, 0.6) is 0 Å². The van der Waals surface area contributed by atoms with Gasteiger partial charge in [0.25, 0.3) is 0 Å². The summed E-state index contributed by atoms with van der Waals surface area (Å²) in [5.41, 5.74) is -2.69. The number of carboxylic acid groups (broad SMARTS) is 2. The van der Waals surface area contributed by atoms with Gasteiger partial charge >= 0.3 is 36.5 Å². The van der Waals surface area contributed by atoms with Crippen LogP contribution in [-0.4, -0.2) is 81.5 Å². The van der Waals surface area contributed by atoms with Gasteiger partial charge in [0.1, 0.15) is 11.2 Å². The number of aliphatic carboxylic acids is 2. The second kappa shape index (κ2) is 14.8. The minimum atomic E-state index is -4.52. The largest absolute Gasteiger partial charge is 0.481 e. The fourth-order valence-electron chi connectivity index (χ4n) is 5.63. The van der Waals surface area contributed by atoms with Crippen molar-refractivity contribution in [3.63, 3.8) is 0 Å². The molecule has 2 N–H and O–H groups in total. The average Bonchev–Trinajstić information content (AvgIpc) is 3.62. The van der Waals surface area contributed by atoms with Crippen LogP contribution in [0.15, 0.2) is 48.5 Å². The predicted octanol–water partition coefficient (Wildman–Crippen LogP) is 7.48. The third-order valence-electron chi connectivity index (χ3n) is 7.86. The Hall–Kier alpha value is -4.50. The SMILES string of the molecule is CC(C)(C)OC(=O)N1C[C@@H](C(=O)O)[C@H](c2cccc(C(F)(F)F)c2)C1.CC(C)(C)OC(=O)N1C[C@H](C(=O)O)[C@@H](c2cccc(C(F)(F)F)c2)C1. The number of hydrogen-bond donors (Lipinski definition) is 2. The number of halogens is 6. The first-order valence-electron chi connectivity index (χ1n) is 15.5. The van der Waals surface area contributed by atoms with Crippen molar-refractivity contribution < 1.29 is 65.2 Å². The van der Waals surface area contributed by atoms with Gasteiger partial charge in [0, 0.05) is 38.0 Å². The Kier molecular flexibility index (Phi) is 11.8. The molecule has 2 saturated heterocycles. The predicted molar refractivity (Wildman–Crippen MR) is 166 cm³/mol. The van der Waals surface area contributed by atoms with Crippen molar-refractivity contribution >= 4 is 24.1 Å². The van der Waals surface area contributed by atoms with Crippen LogP contribution < -0.4 is 0 Å². The Morgan fingerprint density at radius 3 is 1.18 bits per heavy atom. The number of alkyl halides is 6. The van der Waals surface area contributed by atoms with Gasteiger partial charge in [0.05, 0.1) is 23.0 Å². The van der Waals surface area contributed by atoms with Crippen molar-refractivity contribution in [2.75, 3.05) is 26.2 Å². The molecule has 276 valence electrons. The maximum absolute atomic E-state index is 12.9. The summed E-state index contributed by atoms with van der Waals surface area (Å²) in [5.74, 6) is -5.76. The lowest BCUT2D eigenvalue weighted by atomic mass is 9.88. The number of rotatable bonds is 4. The molecule has 0 aliphatic carbocycles. The fraction of sp³-hybridized carbons (Fsp3) is 0.529. The minimum Gasteiger partial charge on any atom is -0.481 e. The Morgan fingerprint density at radius 2 is 0.920 bits per heavy atom. The number of likely N-dealkylation sites (tertiary alicyclic amines) is 2. The Balaban J connectivity index is 0.000000270. The molecule has 2 heterocycles. The first kappa shape index (κ1) is 39.9. The molecule has 10 nitrogen and oxygen atoms in total. The van der Waals surface area contributed by atoms with Gasteiger partial charge in [-0.3, -0.25) is 9.59 Å². The average molecular weight is 719 g/mol. The molecular weight excluding hydrogens is 678 g/mol. The van der Waals surface area contributed by atoms with Crippen LogP contribution in [0.4, 0.5) is 35.9 Å². The van der Waals surface area contributed by atoms with E-state index in [1.54, 1.807) is 41.5 Å². The highest BCUT2D eigenvalue weighted by atomic mass is 19.4. The number of ether oxygens (including phenoxy) is 2. The summed E-state index contributed by atoms with van der Waals surface area (Å²) in [7, 11) is 0.